The van der Waals surface area contributed by atoms with Gasteiger partial charge in [-0.1, -0.05) is 70.6 Å². The van der Waals surface area contributed by atoms with Crippen LogP contribution in [0.2, 0.25) is 0 Å². The van der Waals surface area contributed by atoms with Gasteiger partial charge in [-0.2, -0.15) is 11.8 Å². The second-order valence-corrected chi connectivity index (χ2v) is 8.71. The van der Waals surface area contributed by atoms with Crippen molar-refractivity contribution in [3.8, 4) is 0 Å². The van der Waals surface area contributed by atoms with Crippen LogP contribution in [0.5, 0.6) is 0 Å². The van der Waals surface area contributed by atoms with E-state index in [0.29, 0.717) is 4.75 Å². The van der Waals surface area contributed by atoms with Crippen molar-refractivity contribution in [2.75, 3.05) is 12.8 Å². The molecule has 0 aromatic carbocycles. The molecule has 2 saturated carbocycles. The topological polar surface area (TPSA) is 12.0 Å². The van der Waals surface area contributed by atoms with E-state index in [1.54, 1.807) is 0 Å². The standard InChI is InChI=1S/C19H37NS/c1-21-19(15-11-12-16-19)17-20-18-13-9-7-5-3-2-4-6-8-10-14-18/h18,20H,2-17H2,1H3. The normalized spacial score (nSPS) is 26.1. The maximum Gasteiger partial charge on any atom is 0.0281 e. The van der Waals surface area contributed by atoms with Gasteiger partial charge in [0, 0.05) is 17.3 Å². The Labute approximate surface area is 137 Å². The summed E-state index contributed by atoms with van der Waals surface area (Å²) >= 11 is 2.13. The Morgan fingerprint density at radius 1 is 0.762 bits per heavy atom. The molecule has 1 N–H and O–H groups in total. The van der Waals surface area contributed by atoms with E-state index in [-0.39, 0.29) is 0 Å². The highest BCUT2D eigenvalue weighted by atomic mass is 32.2. The summed E-state index contributed by atoms with van der Waals surface area (Å²) in [5.41, 5.74) is 0. The Bertz CT molecular complexity index is 248. The van der Waals surface area contributed by atoms with Crippen LogP contribution in [0.25, 0.3) is 0 Å². The van der Waals surface area contributed by atoms with E-state index < -0.39 is 0 Å². The lowest BCUT2D eigenvalue weighted by atomic mass is 9.97. The van der Waals surface area contributed by atoms with E-state index in [4.69, 9.17) is 0 Å². The van der Waals surface area contributed by atoms with Crippen molar-refractivity contribution >= 4 is 11.8 Å². The van der Waals surface area contributed by atoms with Crippen molar-refractivity contribution in [1.29, 1.82) is 0 Å². The van der Waals surface area contributed by atoms with Gasteiger partial charge in [-0.15, -0.1) is 0 Å². The third-order valence-corrected chi connectivity index (χ3v) is 7.18. The van der Waals surface area contributed by atoms with Crippen molar-refractivity contribution in [3.05, 3.63) is 0 Å². The Balaban J connectivity index is 1.74. The molecule has 0 aromatic rings. The molecule has 0 unspecified atom stereocenters. The summed E-state index contributed by atoms with van der Waals surface area (Å²) in [6.07, 6.45) is 24.2. The van der Waals surface area contributed by atoms with Crippen LogP contribution in [-0.2, 0) is 0 Å². The fraction of sp³-hybridized carbons (Fsp3) is 1.00. The van der Waals surface area contributed by atoms with E-state index in [9.17, 15) is 0 Å². The fourth-order valence-electron chi connectivity index (χ4n) is 4.17. The Morgan fingerprint density at radius 3 is 1.71 bits per heavy atom. The van der Waals surface area contributed by atoms with Gasteiger partial charge in [0.25, 0.3) is 0 Å². The molecule has 2 aliphatic rings. The van der Waals surface area contributed by atoms with Gasteiger partial charge >= 0.3 is 0 Å². The molecule has 0 bridgehead atoms. The number of hydrogen-bond donors (Lipinski definition) is 1. The molecule has 2 rings (SSSR count). The minimum Gasteiger partial charge on any atom is -0.313 e. The third-order valence-electron chi connectivity index (χ3n) is 5.77. The van der Waals surface area contributed by atoms with Crippen molar-refractivity contribution in [1.82, 2.24) is 5.32 Å². The van der Waals surface area contributed by atoms with Gasteiger partial charge < -0.3 is 5.32 Å². The summed E-state index contributed by atoms with van der Waals surface area (Å²) in [5.74, 6) is 0. The summed E-state index contributed by atoms with van der Waals surface area (Å²) in [6.45, 7) is 1.26. The van der Waals surface area contributed by atoms with E-state index >= 15 is 0 Å². The predicted molar refractivity (Wildman–Crippen MR) is 97.3 cm³/mol. The highest BCUT2D eigenvalue weighted by molar-refractivity contribution is 8.00. The van der Waals surface area contributed by atoms with Gasteiger partial charge in [0.1, 0.15) is 0 Å². The average Bonchev–Trinajstić information content (AvgIpc) is 2.96. The smallest absolute Gasteiger partial charge is 0.0281 e. The summed E-state index contributed by atoms with van der Waals surface area (Å²) in [5, 5.41) is 3.99. The Hall–Kier alpha value is 0.310. The molecule has 2 aliphatic carbocycles. The summed E-state index contributed by atoms with van der Waals surface area (Å²) < 4.78 is 0.573. The summed E-state index contributed by atoms with van der Waals surface area (Å²) in [6, 6.07) is 0.800. The van der Waals surface area contributed by atoms with Crippen LogP contribution in [-0.4, -0.2) is 23.6 Å². The van der Waals surface area contributed by atoms with E-state index in [2.05, 4.69) is 23.3 Å². The van der Waals surface area contributed by atoms with E-state index in [1.807, 2.05) is 0 Å². The molecule has 2 heteroatoms. The molecule has 0 amide bonds. The molecule has 124 valence electrons. The molecule has 0 saturated heterocycles. The van der Waals surface area contributed by atoms with Crippen LogP contribution < -0.4 is 5.32 Å². The number of thioether (sulfide) groups is 1. The lowest BCUT2D eigenvalue weighted by Gasteiger charge is -2.30. The molecule has 0 spiro atoms. The zero-order valence-electron chi connectivity index (χ0n) is 14.3. The number of nitrogens with one attached hydrogen (secondary N) is 1. The van der Waals surface area contributed by atoms with Crippen LogP contribution in [0.1, 0.15) is 96.3 Å². The second kappa shape index (κ2) is 10.2. The maximum absolute atomic E-state index is 3.99. The third kappa shape index (κ3) is 6.52. The van der Waals surface area contributed by atoms with Gasteiger partial charge in [-0.05, 0) is 31.9 Å². The summed E-state index contributed by atoms with van der Waals surface area (Å²) in [7, 11) is 0. The first kappa shape index (κ1) is 17.7. The average molecular weight is 312 g/mol. The fourth-order valence-corrected chi connectivity index (χ4v) is 5.09. The molecule has 0 atom stereocenters. The maximum atomic E-state index is 3.99. The van der Waals surface area contributed by atoms with Gasteiger partial charge in [-0.25, -0.2) is 0 Å². The SMILES string of the molecule is CSC1(CNC2CCCCCCCCCCC2)CCCC1. The molecule has 0 aromatic heterocycles. The Morgan fingerprint density at radius 2 is 1.24 bits per heavy atom. The number of hydrogen-bond acceptors (Lipinski definition) is 2. The molecular formula is C19H37NS. The molecule has 1 nitrogen and oxygen atoms in total. The quantitative estimate of drug-likeness (QED) is 0.691. The molecule has 0 heterocycles. The zero-order valence-corrected chi connectivity index (χ0v) is 15.1. The van der Waals surface area contributed by atoms with Crippen LogP contribution >= 0.6 is 11.8 Å². The Kier molecular flexibility index (Phi) is 8.54. The van der Waals surface area contributed by atoms with E-state index in [0.717, 1.165) is 6.04 Å². The van der Waals surface area contributed by atoms with Crippen molar-refractivity contribution in [2.45, 2.75) is 107 Å². The van der Waals surface area contributed by atoms with Crippen molar-refractivity contribution < 1.29 is 0 Å². The monoisotopic (exact) mass is 311 g/mol. The minimum absolute atomic E-state index is 0.573. The van der Waals surface area contributed by atoms with Gasteiger partial charge in [0.15, 0.2) is 0 Å². The van der Waals surface area contributed by atoms with Crippen LogP contribution in [0.15, 0.2) is 0 Å². The van der Waals surface area contributed by atoms with Crippen LogP contribution in [0.3, 0.4) is 0 Å². The second-order valence-electron chi connectivity index (χ2n) is 7.43. The number of rotatable bonds is 4. The zero-order chi connectivity index (χ0) is 14.8. The van der Waals surface area contributed by atoms with Gasteiger partial charge in [0.05, 0.1) is 0 Å². The lowest BCUT2D eigenvalue weighted by Crippen LogP contribution is -2.40. The van der Waals surface area contributed by atoms with Crippen LogP contribution in [0, 0.1) is 0 Å². The molecule has 2 fully saturated rings. The minimum atomic E-state index is 0.573. The largest absolute Gasteiger partial charge is 0.313 e. The molecule has 21 heavy (non-hydrogen) atoms. The van der Waals surface area contributed by atoms with E-state index in [1.165, 1.54) is 103 Å². The van der Waals surface area contributed by atoms with Crippen LogP contribution in [0.4, 0.5) is 0 Å². The van der Waals surface area contributed by atoms with Gasteiger partial charge in [-0.3, -0.25) is 0 Å². The van der Waals surface area contributed by atoms with Crippen molar-refractivity contribution in [2.24, 2.45) is 0 Å². The first-order valence-electron chi connectivity index (χ1n) is 9.63. The first-order chi connectivity index (χ1) is 10.3. The lowest BCUT2D eigenvalue weighted by molar-refractivity contribution is 0.384. The highest BCUT2D eigenvalue weighted by Gasteiger charge is 2.33. The molecule has 0 radical (unpaired) electrons. The summed E-state index contributed by atoms with van der Waals surface area (Å²) in [4.78, 5) is 0. The van der Waals surface area contributed by atoms with Crippen molar-refractivity contribution in [3.63, 3.8) is 0 Å². The molecule has 0 aliphatic heterocycles. The molecular weight excluding hydrogens is 274 g/mol. The highest BCUT2D eigenvalue weighted by Crippen LogP contribution is 2.39. The van der Waals surface area contributed by atoms with Gasteiger partial charge in [0.2, 0.25) is 0 Å². The first-order valence-corrected chi connectivity index (χ1v) is 10.9. The predicted octanol–water partition coefficient (Wildman–Crippen LogP) is 5.93.